The molecule has 2 rings (SSSR count). The molecular formula is C18H23NO. The maximum atomic E-state index is 5.90. The fraction of sp³-hybridized carbons (Fsp3) is 0.333. The summed E-state index contributed by atoms with van der Waals surface area (Å²) in [6, 6.07) is 18.9. The van der Waals surface area contributed by atoms with Crippen LogP contribution in [-0.2, 0) is 11.3 Å². The number of benzene rings is 2. The fourth-order valence-electron chi connectivity index (χ4n) is 2.44. The van der Waals surface area contributed by atoms with Gasteiger partial charge in [0, 0.05) is 12.5 Å². The Morgan fingerprint density at radius 3 is 2.40 bits per heavy atom. The summed E-state index contributed by atoms with van der Waals surface area (Å²) in [5.41, 5.74) is 3.92. The van der Waals surface area contributed by atoms with Crippen molar-refractivity contribution in [1.82, 2.24) is 5.32 Å². The lowest BCUT2D eigenvalue weighted by atomic mass is 9.95. The molecule has 0 saturated carbocycles. The van der Waals surface area contributed by atoms with Crippen molar-refractivity contribution >= 4 is 0 Å². The molecule has 2 aromatic carbocycles. The molecule has 0 amide bonds. The van der Waals surface area contributed by atoms with Crippen LogP contribution in [-0.4, -0.2) is 20.2 Å². The van der Waals surface area contributed by atoms with Crippen LogP contribution in [0.3, 0.4) is 0 Å². The largest absolute Gasteiger partial charge is 0.376 e. The van der Waals surface area contributed by atoms with Crippen molar-refractivity contribution in [3.05, 3.63) is 71.3 Å². The zero-order valence-electron chi connectivity index (χ0n) is 12.3. The van der Waals surface area contributed by atoms with Crippen molar-refractivity contribution in [1.29, 1.82) is 0 Å². The van der Waals surface area contributed by atoms with Crippen LogP contribution in [0, 0.1) is 6.92 Å². The second-order valence-corrected chi connectivity index (χ2v) is 5.11. The third kappa shape index (κ3) is 4.19. The van der Waals surface area contributed by atoms with Crippen molar-refractivity contribution in [2.24, 2.45) is 0 Å². The molecule has 0 aliphatic heterocycles. The van der Waals surface area contributed by atoms with E-state index in [1.807, 2.05) is 25.2 Å². The van der Waals surface area contributed by atoms with Crippen LogP contribution in [0.5, 0.6) is 0 Å². The van der Waals surface area contributed by atoms with Gasteiger partial charge >= 0.3 is 0 Å². The van der Waals surface area contributed by atoms with Gasteiger partial charge in [-0.15, -0.1) is 0 Å². The monoisotopic (exact) mass is 269 g/mol. The quantitative estimate of drug-likeness (QED) is 0.830. The van der Waals surface area contributed by atoms with Gasteiger partial charge in [0.2, 0.25) is 0 Å². The van der Waals surface area contributed by atoms with E-state index in [2.05, 4.69) is 48.6 Å². The number of aryl methyl sites for hydroxylation is 1. The molecule has 1 N–H and O–H groups in total. The molecule has 0 bridgehead atoms. The molecule has 2 heteroatoms. The molecule has 106 valence electrons. The summed E-state index contributed by atoms with van der Waals surface area (Å²) in [5.74, 6) is 0.393. The molecule has 2 aromatic rings. The van der Waals surface area contributed by atoms with Crippen LogP contribution in [0.15, 0.2) is 54.6 Å². The van der Waals surface area contributed by atoms with Gasteiger partial charge in [-0.05, 0) is 30.7 Å². The van der Waals surface area contributed by atoms with E-state index in [9.17, 15) is 0 Å². The topological polar surface area (TPSA) is 21.3 Å². The number of likely N-dealkylation sites (N-methyl/N-ethyl adjacent to an activating group) is 1. The first kappa shape index (κ1) is 14.8. The van der Waals surface area contributed by atoms with Gasteiger partial charge in [0.25, 0.3) is 0 Å². The number of hydrogen-bond donors (Lipinski definition) is 1. The van der Waals surface area contributed by atoms with Crippen LogP contribution in [0.1, 0.15) is 22.6 Å². The summed E-state index contributed by atoms with van der Waals surface area (Å²) in [6.07, 6.45) is 0. The molecule has 0 aromatic heterocycles. The summed E-state index contributed by atoms with van der Waals surface area (Å²) >= 11 is 0. The van der Waals surface area contributed by atoms with Gasteiger partial charge in [0.05, 0.1) is 13.2 Å². The molecule has 0 spiro atoms. The highest BCUT2D eigenvalue weighted by Gasteiger charge is 2.13. The van der Waals surface area contributed by atoms with E-state index in [4.69, 9.17) is 4.74 Å². The second-order valence-electron chi connectivity index (χ2n) is 5.11. The minimum atomic E-state index is 0.393. The third-order valence-electron chi connectivity index (χ3n) is 3.51. The molecule has 0 fully saturated rings. The van der Waals surface area contributed by atoms with Crippen molar-refractivity contribution < 1.29 is 4.74 Å². The zero-order valence-corrected chi connectivity index (χ0v) is 12.3. The van der Waals surface area contributed by atoms with E-state index < -0.39 is 0 Å². The highest BCUT2D eigenvalue weighted by Crippen LogP contribution is 2.20. The van der Waals surface area contributed by atoms with E-state index in [-0.39, 0.29) is 0 Å². The Morgan fingerprint density at radius 1 is 1.00 bits per heavy atom. The van der Waals surface area contributed by atoms with Gasteiger partial charge in [-0.1, -0.05) is 54.6 Å². The number of rotatable bonds is 7. The molecule has 0 heterocycles. The van der Waals surface area contributed by atoms with Crippen LogP contribution in [0.25, 0.3) is 0 Å². The van der Waals surface area contributed by atoms with E-state index in [0.29, 0.717) is 12.5 Å². The van der Waals surface area contributed by atoms with Crippen LogP contribution >= 0.6 is 0 Å². The van der Waals surface area contributed by atoms with Crippen LogP contribution < -0.4 is 5.32 Å². The van der Waals surface area contributed by atoms with Gasteiger partial charge < -0.3 is 10.1 Å². The Kier molecular flexibility index (Phi) is 5.78. The van der Waals surface area contributed by atoms with Crippen molar-refractivity contribution in [3.63, 3.8) is 0 Å². The summed E-state index contributed by atoms with van der Waals surface area (Å²) in [4.78, 5) is 0. The Bertz CT molecular complexity index is 510. The summed E-state index contributed by atoms with van der Waals surface area (Å²) in [5, 5.41) is 3.26. The van der Waals surface area contributed by atoms with Gasteiger partial charge in [0.1, 0.15) is 0 Å². The first-order valence-corrected chi connectivity index (χ1v) is 7.13. The van der Waals surface area contributed by atoms with Gasteiger partial charge in [-0.2, -0.15) is 0 Å². The summed E-state index contributed by atoms with van der Waals surface area (Å²) in [7, 11) is 1.99. The van der Waals surface area contributed by atoms with E-state index in [0.717, 1.165) is 13.2 Å². The van der Waals surface area contributed by atoms with Crippen molar-refractivity contribution in [3.8, 4) is 0 Å². The van der Waals surface area contributed by atoms with E-state index in [1.165, 1.54) is 16.7 Å². The minimum absolute atomic E-state index is 0.393. The van der Waals surface area contributed by atoms with Crippen molar-refractivity contribution in [2.75, 3.05) is 20.2 Å². The summed E-state index contributed by atoms with van der Waals surface area (Å²) in [6.45, 7) is 4.50. The van der Waals surface area contributed by atoms with Gasteiger partial charge in [-0.25, -0.2) is 0 Å². The molecule has 20 heavy (non-hydrogen) atoms. The predicted octanol–water partition coefficient (Wildman–Crippen LogP) is 3.51. The van der Waals surface area contributed by atoms with E-state index in [1.54, 1.807) is 0 Å². The number of hydrogen-bond acceptors (Lipinski definition) is 2. The first-order chi connectivity index (χ1) is 9.81. The molecule has 1 atom stereocenters. The molecular weight excluding hydrogens is 246 g/mol. The fourth-order valence-corrected chi connectivity index (χ4v) is 2.44. The lowest BCUT2D eigenvalue weighted by Gasteiger charge is -2.19. The molecule has 0 saturated heterocycles. The summed E-state index contributed by atoms with van der Waals surface area (Å²) < 4.78 is 5.90. The van der Waals surface area contributed by atoms with Crippen molar-refractivity contribution in [2.45, 2.75) is 19.4 Å². The Balaban J connectivity index is 1.95. The molecule has 0 radical (unpaired) electrons. The number of nitrogens with one attached hydrogen (secondary N) is 1. The standard InChI is InChI=1S/C18H23NO/c1-15-8-6-7-11-18(15)17(12-19-2)14-20-13-16-9-4-3-5-10-16/h3-11,17,19H,12-14H2,1-2H3. The Labute approximate surface area is 121 Å². The lowest BCUT2D eigenvalue weighted by molar-refractivity contribution is 0.106. The number of ether oxygens (including phenoxy) is 1. The maximum absolute atomic E-state index is 5.90. The normalized spacial score (nSPS) is 12.3. The van der Waals surface area contributed by atoms with Crippen LogP contribution in [0.4, 0.5) is 0 Å². The highest BCUT2D eigenvalue weighted by molar-refractivity contribution is 5.29. The van der Waals surface area contributed by atoms with Crippen LogP contribution in [0.2, 0.25) is 0 Å². The van der Waals surface area contributed by atoms with E-state index >= 15 is 0 Å². The third-order valence-corrected chi connectivity index (χ3v) is 3.51. The first-order valence-electron chi connectivity index (χ1n) is 7.13. The molecule has 0 aliphatic rings. The SMILES string of the molecule is CNCC(COCc1ccccc1)c1ccccc1C. The molecule has 0 aliphatic carbocycles. The lowest BCUT2D eigenvalue weighted by Crippen LogP contribution is -2.22. The average molecular weight is 269 g/mol. The van der Waals surface area contributed by atoms with Gasteiger partial charge in [0.15, 0.2) is 0 Å². The van der Waals surface area contributed by atoms with Gasteiger partial charge in [-0.3, -0.25) is 0 Å². The average Bonchev–Trinajstić information content (AvgIpc) is 2.48. The predicted molar refractivity (Wildman–Crippen MR) is 83.9 cm³/mol. The highest BCUT2D eigenvalue weighted by atomic mass is 16.5. The second kappa shape index (κ2) is 7.83. The molecule has 1 unspecified atom stereocenters. The zero-order chi connectivity index (χ0) is 14.2. The minimum Gasteiger partial charge on any atom is -0.376 e. The maximum Gasteiger partial charge on any atom is 0.0717 e. The smallest absolute Gasteiger partial charge is 0.0717 e. The Morgan fingerprint density at radius 2 is 1.70 bits per heavy atom. The molecule has 2 nitrogen and oxygen atoms in total. The Hall–Kier alpha value is -1.64.